The summed E-state index contributed by atoms with van der Waals surface area (Å²) in [6.07, 6.45) is 11.8. The molecule has 0 bridgehead atoms. The predicted molar refractivity (Wildman–Crippen MR) is 68.0 cm³/mol. The third kappa shape index (κ3) is 5.95. The van der Waals surface area contributed by atoms with Crippen molar-refractivity contribution in [1.82, 2.24) is 0 Å². The van der Waals surface area contributed by atoms with Gasteiger partial charge >= 0.3 is 0 Å². The summed E-state index contributed by atoms with van der Waals surface area (Å²) in [7, 11) is 0. The van der Waals surface area contributed by atoms with Crippen LogP contribution >= 0.6 is 11.8 Å². The second-order valence-corrected chi connectivity index (χ2v) is 6.43. The summed E-state index contributed by atoms with van der Waals surface area (Å²) in [4.78, 5) is 0. The molecule has 0 aliphatic heterocycles. The third-order valence-electron chi connectivity index (χ3n) is 3.10. The molecule has 0 aromatic carbocycles. The number of thioether (sulfide) groups is 1. The number of rotatable bonds is 4. The standard InChI is InChI=1S/C13H26S/c1-12(2)10-11-14-13-8-6-4-3-5-7-9-13/h12-13H,3-11H2,1-2H3. The van der Waals surface area contributed by atoms with E-state index >= 15 is 0 Å². The third-order valence-corrected chi connectivity index (χ3v) is 4.52. The Morgan fingerprint density at radius 3 is 2.14 bits per heavy atom. The topological polar surface area (TPSA) is 0 Å². The van der Waals surface area contributed by atoms with E-state index in [1.54, 1.807) is 0 Å². The van der Waals surface area contributed by atoms with Crippen LogP contribution < -0.4 is 0 Å². The molecule has 1 heteroatoms. The maximum absolute atomic E-state index is 2.33. The van der Waals surface area contributed by atoms with Gasteiger partial charge in [0.25, 0.3) is 0 Å². The quantitative estimate of drug-likeness (QED) is 0.643. The molecule has 84 valence electrons. The van der Waals surface area contributed by atoms with Crippen molar-refractivity contribution >= 4 is 11.8 Å². The molecule has 0 N–H and O–H groups in total. The van der Waals surface area contributed by atoms with Crippen molar-refractivity contribution in [2.75, 3.05) is 5.75 Å². The summed E-state index contributed by atoms with van der Waals surface area (Å²) in [5.41, 5.74) is 0. The van der Waals surface area contributed by atoms with E-state index in [0.29, 0.717) is 0 Å². The minimum atomic E-state index is 0.885. The Morgan fingerprint density at radius 2 is 1.57 bits per heavy atom. The molecule has 0 aromatic heterocycles. The Hall–Kier alpha value is 0.350. The molecule has 0 nitrogen and oxygen atoms in total. The van der Waals surface area contributed by atoms with Gasteiger partial charge in [-0.2, -0.15) is 11.8 Å². The fourth-order valence-electron chi connectivity index (χ4n) is 2.06. The second-order valence-electron chi connectivity index (χ2n) is 5.02. The molecule has 0 radical (unpaired) electrons. The molecular formula is C13H26S. The molecule has 0 amide bonds. The van der Waals surface area contributed by atoms with Gasteiger partial charge < -0.3 is 0 Å². The molecule has 0 unspecified atom stereocenters. The van der Waals surface area contributed by atoms with Crippen LogP contribution in [-0.4, -0.2) is 11.0 Å². The Bertz CT molecular complexity index is 123. The van der Waals surface area contributed by atoms with Gasteiger partial charge in [0.05, 0.1) is 0 Å². The maximum Gasteiger partial charge on any atom is 0.00470 e. The first kappa shape index (κ1) is 12.4. The summed E-state index contributed by atoms with van der Waals surface area (Å²) < 4.78 is 0. The van der Waals surface area contributed by atoms with Gasteiger partial charge in [-0.05, 0) is 30.9 Å². The highest BCUT2D eigenvalue weighted by atomic mass is 32.2. The number of hydrogen-bond acceptors (Lipinski definition) is 1. The highest BCUT2D eigenvalue weighted by molar-refractivity contribution is 7.99. The minimum Gasteiger partial charge on any atom is -0.159 e. The maximum atomic E-state index is 2.33. The summed E-state index contributed by atoms with van der Waals surface area (Å²) in [6.45, 7) is 4.66. The molecule has 0 heterocycles. The lowest BCUT2D eigenvalue weighted by molar-refractivity contribution is 0.512. The van der Waals surface area contributed by atoms with Crippen LogP contribution in [0.15, 0.2) is 0 Å². The van der Waals surface area contributed by atoms with Crippen molar-refractivity contribution in [3.63, 3.8) is 0 Å². The first-order valence-electron chi connectivity index (χ1n) is 6.40. The summed E-state index contributed by atoms with van der Waals surface area (Å²) >= 11 is 2.25. The first-order chi connectivity index (χ1) is 6.79. The van der Waals surface area contributed by atoms with Gasteiger partial charge in [-0.25, -0.2) is 0 Å². The van der Waals surface area contributed by atoms with E-state index in [9.17, 15) is 0 Å². The molecule has 1 aliphatic carbocycles. The van der Waals surface area contributed by atoms with Crippen LogP contribution in [0.2, 0.25) is 0 Å². The molecule has 1 fully saturated rings. The zero-order valence-corrected chi connectivity index (χ0v) is 10.7. The molecule has 1 saturated carbocycles. The van der Waals surface area contributed by atoms with Crippen LogP contribution in [0, 0.1) is 5.92 Å². The van der Waals surface area contributed by atoms with Crippen LogP contribution in [0.1, 0.15) is 65.2 Å². The van der Waals surface area contributed by atoms with E-state index in [-0.39, 0.29) is 0 Å². The second kappa shape index (κ2) is 7.62. The largest absolute Gasteiger partial charge is 0.159 e. The van der Waals surface area contributed by atoms with Crippen LogP contribution in [0.25, 0.3) is 0 Å². The molecule has 0 saturated heterocycles. The molecule has 0 aromatic rings. The van der Waals surface area contributed by atoms with Crippen molar-refractivity contribution < 1.29 is 0 Å². The Balaban J connectivity index is 2.08. The van der Waals surface area contributed by atoms with E-state index in [1.165, 1.54) is 57.1 Å². The van der Waals surface area contributed by atoms with Crippen molar-refractivity contribution in [1.29, 1.82) is 0 Å². The van der Waals surface area contributed by atoms with E-state index < -0.39 is 0 Å². The van der Waals surface area contributed by atoms with Crippen molar-refractivity contribution in [3.8, 4) is 0 Å². The molecule has 14 heavy (non-hydrogen) atoms. The van der Waals surface area contributed by atoms with E-state index in [4.69, 9.17) is 0 Å². The van der Waals surface area contributed by atoms with Crippen LogP contribution in [0.3, 0.4) is 0 Å². The monoisotopic (exact) mass is 214 g/mol. The molecule has 0 atom stereocenters. The Kier molecular flexibility index (Phi) is 6.76. The predicted octanol–water partition coefficient (Wildman–Crippen LogP) is 4.88. The average Bonchev–Trinajstić information content (AvgIpc) is 2.07. The lowest BCUT2D eigenvalue weighted by Gasteiger charge is -2.19. The van der Waals surface area contributed by atoms with Gasteiger partial charge in [-0.15, -0.1) is 0 Å². The summed E-state index contributed by atoms with van der Waals surface area (Å²) in [5.74, 6) is 2.28. The van der Waals surface area contributed by atoms with Gasteiger partial charge in [0.1, 0.15) is 0 Å². The van der Waals surface area contributed by atoms with E-state index in [1.807, 2.05) is 0 Å². The average molecular weight is 214 g/mol. The molecule has 1 rings (SSSR count). The Labute approximate surface area is 94.2 Å². The highest BCUT2D eigenvalue weighted by Gasteiger charge is 2.11. The van der Waals surface area contributed by atoms with Crippen molar-refractivity contribution in [2.24, 2.45) is 5.92 Å². The Morgan fingerprint density at radius 1 is 1.00 bits per heavy atom. The van der Waals surface area contributed by atoms with Gasteiger partial charge in [0, 0.05) is 5.25 Å². The summed E-state index contributed by atoms with van der Waals surface area (Å²) in [6, 6.07) is 0. The minimum absolute atomic E-state index is 0.885. The fourth-order valence-corrected chi connectivity index (χ4v) is 3.66. The van der Waals surface area contributed by atoms with Gasteiger partial charge in [0.15, 0.2) is 0 Å². The zero-order chi connectivity index (χ0) is 10.2. The fraction of sp³-hybridized carbons (Fsp3) is 1.00. The summed E-state index contributed by atoms with van der Waals surface area (Å²) in [5, 5.41) is 0.994. The van der Waals surface area contributed by atoms with Crippen LogP contribution in [0.5, 0.6) is 0 Å². The van der Waals surface area contributed by atoms with E-state index in [0.717, 1.165) is 11.2 Å². The van der Waals surface area contributed by atoms with Gasteiger partial charge in [-0.1, -0.05) is 46.0 Å². The lowest BCUT2D eigenvalue weighted by atomic mass is 10.0. The lowest BCUT2D eigenvalue weighted by Crippen LogP contribution is -2.07. The van der Waals surface area contributed by atoms with Crippen LogP contribution in [-0.2, 0) is 0 Å². The number of hydrogen-bond donors (Lipinski definition) is 0. The van der Waals surface area contributed by atoms with E-state index in [2.05, 4.69) is 25.6 Å². The SMILES string of the molecule is CC(C)CCSC1CCCCCCC1. The zero-order valence-electron chi connectivity index (χ0n) is 9.93. The normalized spacial score (nSPS) is 20.8. The first-order valence-corrected chi connectivity index (χ1v) is 7.45. The molecule has 1 aliphatic rings. The highest BCUT2D eigenvalue weighted by Crippen LogP contribution is 2.27. The van der Waals surface area contributed by atoms with Crippen molar-refractivity contribution in [3.05, 3.63) is 0 Å². The van der Waals surface area contributed by atoms with Gasteiger partial charge in [-0.3, -0.25) is 0 Å². The molecule has 0 spiro atoms. The van der Waals surface area contributed by atoms with Crippen LogP contribution in [0.4, 0.5) is 0 Å². The molecular weight excluding hydrogens is 188 g/mol. The van der Waals surface area contributed by atoms with Crippen molar-refractivity contribution in [2.45, 2.75) is 70.5 Å². The van der Waals surface area contributed by atoms with Gasteiger partial charge in [0.2, 0.25) is 0 Å². The smallest absolute Gasteiger partial charge is 0.00470 e.